The molecule has 28 nitrogen and oxygen atoms in total. The summed E-state index contributed by atoms with van der Waals surface area (Å²) < 4.78 is 21.6. The van der Waals surface area contributed by atoms with E-state index in [1.54, 1.807) is 16.8 Å². The Morgan fingerprint density at radius 3 is 1.11 bits per heavy atom. The Bertz CT molecular complexity index is 5920. The standard InChI is InChI=1S/C27H36N4O2.2C26H35N5O2.C25H33N5O3/c1-5-31(26(32)17(2)18-9-12-33-13-10-18)20-7-6-19-14-23(28-22(19)15-20)25-21-8-11-27(3,4)16-24(21)29-30-25;1-5-23(31-10-12-33-13-11-31)25(32)30(4)18-7-6-17-14-21(27-20(17)15-18)24-19-8-9-26(2,3)16-22(19)28-29-24;1-5-31(25(32)17(2)30-10-12-33-13-11-30)19-7-6-18-14-22(27-21(18)15-19)24-20-8-9-26(3,4)16-23(20)28-29-24;1-15(30-9-10-33-22(31)14-30)24(32)29(4)17-6-5-16-11-20(26-19(16)12-17)23-18-7-8-25(2,3)13-21(18)27-28-23/h6-7,14-15,17-18,28H,5,8-13,16H2,1-4H3,(H,29,30);6-7,14-15,23,27H,5,8-13,16H2,1-4H3,(H,28,29);6-7,14-15,17,27H,5,8-13,16H2,1-4H3,(H,28,29);5-6,11-12,15,22,26,31H,7-10,13-14H2,1-4H3,(H,27,28)/t;23-;17-;/m.10./s1. The highest BCUT2D eigenvalue weighted by molar-refractivity contribution is 6.02. The number of hydrogen-bond acceptors (Lipinski definition) is 16. The van der Waals surface area contributed by atoms with Gasteiger partial charge in [-0.25, -0.2) is 0 Å². The average Bonchev–Trinajstić information content (AvgIpc) is 1.63. The first-order valence-electron chi connectivity index (χ1n) is 48.5. The van der Waals surface area contributed by atoms with Crippen LogP contribution >= 0.6 is 0 Å². The summed E-state index contributed by atoms with van der Waals surface area (Å²) in [5.41, 5.74) is 27.5. The zero-order valence-corrected chi connectivity index (χ0v) is 80.5. The van der Waals surface area contributed by atoms with E-state index in [0.29, 0.717) is 86.8 Å². The van der Waals surface area contributed by atoms with Gasteiger partial charge in [-0.15, -0.1) is 0 Å². The third-order valence-electron chi connectivity index (χ3n) is 29.8. The molecule has 9 N–H and O–H groups in total. The molecule has 0 radical (unpaired) electrons. The molecule has 4 aliphatic carbocycles. The van der Waals surface area contributed by atoms with Crippen LogP contribution in [0.5, 0.6) is 0 Å². The summed E-state index contributed by atoms with van der Waals surface area (Å²) in [6.07, 6.45) is 14.9. The van der Waals surface area contributed by atoms with Crippen LogP contribution in [0.2, 0.25) is 0 Å². The van der Waals surface area contributed by atoms with Crippen LogP contribution < -0.4 is 19.6 Å². The highest BCUT2D eigenvalue weighted by Crippen LogP contribution is 2.45. The molecule has 4 aliphatic heterocycles. The number of nitrogens with one attached hydrogen (secondary N) is 8. The van der Waals surface area contributed by atoms with Crippen LogP contribution in [-0.2, 0) is 89.5 Å². The number of ether oxygens (including phenoxy) is 4. The van der Waals surface area contributed by atoms with Crippen LogP contribution in [0.15, 0.2) is 97.1 Å². The van der Waals surface area contributed by atoms with Crippen molar-refractivity contribution in [1.29, 1.82) is 0 Å². The number of fused-ring (bicyclic) bond motifs is 8. The van der Waals surface area contributed by atoms with Crippen molar-refractivity contribution in [2.45, 2.75) is 218 Å². The zero-order valence-electron chi connectivity index (χ0n) is 80.5. The second-order valence-corrected chi connectivity index (χ2v) is 41.4. The Hall–Kier alpha value is -10.6. The first-order valence-corrected chi connectivity index (χ1v) is 48.5. The molecule has 4 aromatic carbocycles. The van der Waals surface area contributed by atoms with E-state index < -0.39 is 6.29 Å². The Labute approximate surface area is 775 Å². The van der Waals surface area contributed by atoms with Crippen LogP contribution in [0.4, 0.5) is 22.7 Å². The van der Waals surface area contributed by atoms with Crippen molar-refractivity contribution < 1.29 is 43.2 Å². The van der Waals surface area contributed by atoms with Crippen LogP contribution in [0.1, 0.15) is 187 Å². The monoisotopic (exact) mass is 1800 g/mol. The number of anilines is 4. The number of β-amino-alcohol motifs (C(OH)–C–C–N with tert-alkyl or cyclic N) is 1. The minimum Gasteiger partial charge on any atom is -0.381 e. The molecule has 28 heteroatoms. The van der Waals surface area contributed by atoms with Crippen LogP contribution in [0.3, 0.4) is 0 Å². The smallest absolute Gasteiger partial charge is 0.244 e. The predicted octanol–water partition coefficient (Wildman–Crippen LogP) is 16.9. The van der Waals surface area contributed by atoms with Crippen molar-refractivity contribution in [3.05, 3.63) is 142 Å². The van der Waals surface area contributed by atoms with Crippen molar-refractivity contribution >= 4 is 90.0 Å². The summed E-state index contributed by atoms with van der Waals surface area (Å²) in [7, 11) is 3.68. The number of aromatic amines is 8. The molecular weight excluding hydrogens is 1660 g/mol. The predicted molar refractivity (Wildman–Crippen MR) is 524 cm³/mol. The largest absolute Gasteiger partial charge is 0.381 e. The number of aliphatic hydroxyl groups excluding tert-OH is 1. The molecule has 0 spiro atoms. The molecule has 0 bridgehead atoms. The second kappa shape index (κ2) is 38.8. The third-order valence-corrected chi connectivity index (χ3v) is 29.8. The molecule has 704 valence electrons. The Kier molecular flexibility index (Phi) is 27.4. The van der Waals surface area contributed by atoms with Gasteiger partial charge in [-0.05, 0) is 224 Å². The van der Waals surface area contributed by atoms with Gasteiger partial charge in [0.05, 0.1) is 80.5 Å². The van der Waals surface area contributed by atoms with Gasteiger partial charge < -0.3 is 63.6 Å². The van der Waals surface area contributed by atoms with Gasteiger partial charge in [0.1, 0.15) is 22.8 Å². The lowest BCUT2D eigenvalue weighted by molar-refractivity contribution is -0.156. The van der Waals surface area contributed by atoms with Crippen molar-refractivity contribution in [2.75, 3.05) is 132 Å². The molecular formula is C104H139N19O9. The Morgan fingerprint density at radius 2 is 0.742 bits per heavy atom. The quantitative estimate of drug-likeness (QED) is 0.0363. The van der Waals surface area contributed by atoms with Gasteiger partial charge in [0.25, 0.3) is 0 Å². The topological polar surface area (TPSA) is 326 Å². The molecule has 4 fully saturated rings. The van der Waals surface area contributed by atoms with Crippen molar-refractivity contribution in [3.8, 4) is 45.6 Å². The molecule has 12 heterocycles. The molecule has 8 aromatic heterocycles. The highest BCUT2D eigenvalue weighted by atomic mass is 16.6. The van der Waals surface area contributed by atoms with Crippen molar-refractivity contribution in [1.82, 2.24) is 75.4 Å². The van der Waals surface area contributed by atoms with Gasteiger partial charge in [-0.1, -0.05) is 93.5 Å². The number of carbonyl (C=O) groups is 4. The maximum atomic E-state index is 13.4. The second-order valence-electron chi connectivity index (χ2n) is 41.4. The number of likely N-dealkylation sites (N-methyl/N-ethyl adjacent to an activating group) is 3. The lowest BCUT2D eigenvalue weighted by atomic mass is 9.76. The number of benzene rings is 4. The van der Waals surface area contributed by atoms with E-state index in [2.05, 4.69) is 219 Å². The zero-order chi connectivity index (χ0) is 92.8. The average molecular weight is 1800 g/mol. The van der Waals surface area contributed by atoms with Gasteiger partial charge in [0.15, 0.2) is 6.29 Å². The maximum Gasteiger partial charge on any atom is 0.244 e. The number of aliphatic hydroxyl groups is 1. The minimum absolute atomic E-state index is 0.00331. The fourth-order valence-corrected chi connectivity index (χ4v) is 21.3. The van der Waals surface area contributed by atoms with Crippen molar-refractivity contribution in [3.63, 3.8) is 0 Å². The van der Waals surface area contributed by atoms with Gasteiger partial charge >= 0.3 is 0 Å². The first-order chi connectivity index (χ1) is 63.3. The Morgan fingerprint density at radius 1 is 0.417 bits per heavy atom. The molecule has 4 amide bonds. The minimum atomic E-state index is -0.841. The SMILES string of the molecule is CC(C(=O)N(C)c1ccc2cc(-c3n[nH]c4c3CCC(C)(C)C4)[nH]c2c1)N1CCOC(O)C1.CCN(C(=O)C(C)C1CCOCC1)c1ccc2cc(-c3n[nH]c4c3CCC(C)(C)C4)[nH]c2c1.CCN(C(=O)[C@H](C)N1CCOCC1)c1ccc2cc(-c3n[nH]c4c3CCC(C)(C)C4)[nH]c2c1.CC[C@H](C(=O)N(C)c1ccc2cc(-c3n[nH]c4c3CCC(C)(C)C4)[nH]c2c1)N1CCOCC1. The van der Waals surface area contributed by atoms with Crippen LogP contribution in [0, 0.1) is 33.5 Å². The number of aromatic nitrogens is 12. The van der Waals surface area contributed by atoms with Crippen LogP contribution in [0.25, 0.3) is 89.2 Å². The van der Waals surface area contributed by atoms with E-state index in [9.17, 15) is 24.3 Å². The van der Waals surface area contributed by atoms with Gasteiger partial charge in [-0.2, -0.15) is 20.4 Å². The van der Waals surface area contributed by atoms with Crippen molar-refractivity contribution in [2.24, 2.45) is 33.5 Å². The number of carbonyl (C=O) groups excluding carboxylic acids is 4. The summed E-state index contributed by atoms with van der Waals surface area (Å²) in [5.74, 6) is 0.864. The highest BCUT2D eigenvalue weighted by Gasteiger charge is 2.39. The van der Waals surface area contributed by atoms with Gasteiger partial charge in [0.2, 0.25) is 23.6 Å². The molecule has 4 saturated heterocycles. The van der Waals surface area contributed by atoms with E-state index in [0.717, 1.165) is 228 Å². The summed E-state index contributed by atoms with van der Waals surface area (Å²) >= 11 is 0. The van der Waals surface area contributed by atoms with E-state index in [1.165, 1.54) is 64.3 Å². The Balaban J connectivity index is 0.000000123. The van der Waals surface area contributed by atoms with Gasteiger partial charge in [-0.3, -0.25) is 54.3 Å². The third kappa shape index (κ3) is 20.0. The fourth-order valence-electron chi connectivity index (χ4n) is 21.3. The summed E-state index contributed by atoms with van der Waals surface area (Å²) in [5, 5.41) is 46.0. The van der Waals surface area contributed by atoms with Crippen LogP contribution in [-0.4, -0.2) is 241 Å². The fraction of sp³-hybridized carbons (Fsp3) is 0.538. The number of rotatable bonds is 19. The van der Waals surface area contributed by atoms with E-state index in [1.807, 2.05) is 66.8 Å². The van der Waals surface area contributed by atoms with E-state index in [-0.39, 0.29) is 47.7 Å². The molecule has 5 atom stereocenters. The van der Waals surface area contributed by atoms with E-state index >= 15 is 0 Å². The first kappa shape index (κ1) is 93.3. The van der Waals surface area contributed by atoms with Gasteiger partial charge in [0, 0.05) is 190 Å². The molecule has 3 unspecified atom stereocenters. The lowest BCUT2D eigenvalue weighted by Gasteiger charge is -2.35. The summed E-state index contributed by atoms with van der Waals surface area (Å²) in [6.45, 7) is 40.9. The summed E-state index contributed by atoms with van der Waals surface area (Å²) in [6, 6.07) is 32.8. The number of nitrogens with zero attached hydrogens (tertiary/aromatic N) is 11. The summed E-state index contributed by atoms with van der Waals surface area (Å²) in [4.78, 5) is 81.1. The maximum absolute atomic E-state index is 13.4. The van der Waals surface area contributed by atoms with E-state index in [4.69, 9.17) is 18.9 Å². The number of morpholine rings is 3. The molecule has 12 aromatic rings. The molecule has 8 aliphatic rings. The number of H-pyrrole nitrogens is 8. The molecule has 0 saturated carbocycles. The molecule has 132 heavy (non-hydrogen) atoms. The number of amides is 4. The molecule has 20 rings (SSSR count). The number of hydrogen-bond donors (Lipinski definition) is 9. The lowest BCUT2D eigenvalue weighted by Crippen LogP contribution is -2.52. The normalized spacial score (nSPS) is 20.0.